The van der Waals surface area contributed by atoms with Gasteiger partial charge in [-0.05, 0) is 162 Å². The summed E-state index contributed by atoms with van der Waals surface area (Å²) in [4.78, 5) is 2.52. The molecule has 0 fully saturated rings. The normalized spacial score (nSPS) is 15.0. The van der Waals surface area contributed by atoms with E-state index < -0.39 is 10.8 Å². The number of rotatable bonds is 3. The average Bonchev–Trinajstić information content (AvgIpc) is 2.04. The second kappa shape index (κ2) is 17.0. The molecule has 10 aromatic carbocycles. The molecule has 82 heavy (non-hydrogen) atoms. The molecular formula is C78H69NO3. The molecule has 0 amide bonds. The Morgan fingerprint density at radius 3 is 1.27 bits per heavy atom. The Hall–Kier alpha value is -8.60. The van der Waals surface area contributed by atoms with Gasteiger partial charge in [-0.15, -0.1) is 0 Å². The van der Waals surface area contributed by atoms with Crippen molar-refractivity contribution in [3.63, 3.8) is 0 Å². The highest BCUT2D eigenvalue weighted by molar-refractivity contribution is 6.11. The first kappa shape index (κ1) is 50.4. The lowest BCUT2D eigenvalue weighted by atomic mass is 9.64. The second-order valence-electron chi connectivity index (χ2n) is 27.7. The van der Waals surface area contributed by atoms with Gasteiger partial charge in [-0.3, -0.25) is 0 Å². The van der Waals surface area contributed by atoms with Crippen molar-refractivity contribution in [3.05, 3.63) is 267 Å². The van der Waals surface area contributed by atoms with E-state index in [1.807, 2.05) is 0 Å². The van der Waals surface area contributed by atoms with Gasteiger partial charge in [0.05, 0.1) is 22.2 Å². The zero-order valence-electron chi connectivity index (χ0n) is 49.2. The molecule has 2 spiro atoms. The lowest BCUT2D eigenvalue weighted by Gasteiger charge is -2.41. The predicted molar refractivity (Wildman–Crippen MR) is 338 cm³/mol. The van der Waals surface area contributed by atoms with Crippen molar-refractivity contribution in [2.24, 2.45) is 0 Å². The molecule has 404 valence electrons. The molecular weight excluding hydrogens is 999 g/mol. The van der Waals surface area contributed by atoms with Crippen molar-refractivity contribution in [2.45, 2.75) is 116 Å². The molecule has 0 N–H and O–H groups in total. The largest absolute Gasteiger partial charge is 0.457 e. The summed E-state index contributed by atoms with van der Waals surface area (Å²) >= 11 is 0. The van der Waals surface area contributed by atoms with Crippen LogP contribution in [0.3, 0.4) is 0 Å². The Morgan fingerprint density at radius 2 is 0.732 bits per heavy atom. The number of para-hydroxylation sites is 2. The Balaban J connectivity index is 1.07. The van der Waals surface area contributed by atoms with Crippen molar-refractivity contribution in [1.82, 2.24) is 0 Å². The Bertz CT molecular complexity index is 4390. The first-order valence-corrected chi connectivity index (χ1v) is 29.3. The second-order valence-corrected chi connectivity index (χ2v) is 27.7. The van der Waals surface area contributed by atoms with Gasteiger partial charge in [-0.2, -0.15) is 0 Å². The summed E-state index contributed by atoms with van der Waals surface area (Å²) in [6, 6.07) is 75.5. The van der Waals surface area contributed by atoms with E-state index in [2.05, 4.69) is 288 Å². The minimum atomic E-state index is -0.745. The third-order valence-electron chi connectivity index (χ3n) is 18.6. The highest BCUT2D eigenvalue weighted by atomic mass is 16.5. The molecule has 2 aliphatic heterocycles. The van der Waals surface area contributed by atoms with Gasteiger partial charge in [0.25, 0.3) is 0 Å². The van der Waals surface area contributed by atoms with Crippen LogP contribution in [0, 0.1) is 0 Å². The molecule has 0 unspecified atom stereocenters. The van der Waals surface area contributed by atoms with Crippen LogP contribution in [0.1, 0.15) is 150 Å². The quantitative estimate of drug-likeness (QED) is 0.177. The molecule has 0 bridgehead atoms. The van der Waals surface area contributed by atoms with Crippen molar-refractivity contribution in [3.8, 4) is 45.3 Å². The van der Waals surface area contributed by atoms with Gasteiger partial charge in [0.2, 0.25) is 0 Å². The minimum Gasteiger partial charge on any atom is -0.457 e. The van der Waals surface area contributed by atoms with E-state index in [4.69, 9.17) is 13.9 Å². The molecule has 3 heterocycles. The maximum atomic E-state index is 7.15. The zero-order valence-corrected chi connectivity index (χ0v) is 49.2. The number of fused-ring (bicyclic) bond motifs is 21. The maximum absolute atomic E-state index is 7.15. The predicted octanol–water partition coefficient (Wildman–Crippen LogP) is 21.2. The molecule has 0 saturated carbocycles. The van der Waals surface area contributed by atoms with Gasteiger partial charge in [-0.1, -0.05) is 204 Å². The SMILES string of the molecule is CC(C)(C)c1ccc2c(c1)C1(c3cc(C(C)(C)C)ccc3O2)c2ccccc2-c2ccc(N(c3cccc4c3-c3ccccc3C43c4cc(C(C)(C)C)ccc4Oc4ccc(C(C)(C)C)cc43)c3cccc4c3oc3ccccc34)cc21. The number of nitrogens with zero attached hydrogens (tertiary/aromatic N) is 1. The van der Waals surface area contributed by atoms with E-state index in [1.165, 1.54) is 66.8 Å². The van der Waals surface area contributed by atoms with Crippen molar-refractivity contribution < 1.29 is 13.9 Å². The standard InChI is InChI=1S/C78H69NO3/c1-73(2,3)46-31-37-67-60(41-46)77(61-42-47(74(4,5)6)32-38-68(61)80-67)57-26-17-14-23-55(57)71-58(77)27-20-28-64(71)79(65-29-19-24-54-53-22-15-18-30-66(53)82-72(54)65)50-35-36-52-51-21-13-16-25-56(51)78(59(52)45-50)62-43-48(75(7,8)9)33-39-69(62)81-70-40-34-49(44-63(70)78)76(10,11)12/h13-45H,1-12H3. The van der Waals surface area contributed by atoms with Gasteiger partial charge >= 0.3 is 0 Å². The fraction of sp³-hybridized carbons (Fsp3) is 0.231. The topological polar surface area (TPSA) is 34.8 Å². The first-order chi connectivity index (χ1) is 39.2. The lowest BCUT2D eigenvalue weighted by molar-refractivity contribution is 0.433. The smallest absolute Gasteiger partial charge is 0.159 e. The summed E-state index contributed by atoms with van der Waals surface area (Å²) in [5.74, 6) is 3.52. The van der Waals surface area contributed by atoms with Crippen LogP contribution in [0.4, 0.5) is 17.1 Å². The number of benzene rings is 10. The summed E-state index contributed by atoms with van der Waals surface area (Å²) in [7, 11) is 0. The lowest BCUT2D eigenvalue weighted by Crippen LogP contribution is -2.33. The molecule has 4 nitrogen and oxygen atoms in total. The molecule has 0 saturated heterocycles. The summed E-state index contributed by atoms with van der Waals surface area (Å²) < 4.78 is 21.4. The molecule has 4 aliphatic rings. The van der Waals surface area contributed by atoms with E-state index >= 15 is 0 Å². The van der Waals surface area contributed by atoms with Crippen LogP contribution in [-0.4, -0.2) is 0 Å². The van der Waals surface area contributed by atoms with Crippen LogP contribution in [0.5, 0.6) is 23.0 Å². The number of anilines is 3. The first-order valence-electron chi connectivity index (χ1n) is 29.3. The van der Waals surface area contributed by atoms with Crippen molar-refractivity contribution in [1.29, 1.82) is 0 Å². The molecule has 0 atom stereocenters. The van der Waals surface area contributed by atoms with Crippen molar-refractivity contribution in [2.75, 3.05) is 4.90 Å². The van der Waals surface area contributed by atoms with Crippen LogP contribution < -0.4 is 14.4 Å². The Morgan fingerprint density at radius 1 is 0.317 bits per heavy atom. The van der Waals surface area contributed by atoms with Gasteiger partial charge < -0.3 is 18.8 Å². The zero-order chi connectivity index (χ0) is 56.6. The van der Waals surface area contributed by atoms with Gasteiger partial charge in [0, 0.05) is 44.3 Å². The summed E-state index contributed by atoms with van der Waals surface area (Å²) in [5, 5.41) is 2.16. The third kappa shape index (κ3) is 6.97. The molecule has 0 radical (unpaired) electrons. The number of furan rings is 1. The monoisotopic (exact) mass is 1070 g/mol. The van der Waals surface area contributed by atoms with Crippen LogP contribution >= 0.6 is 0 Å². The number of ether oxygens (including phenoxy) is 2. The fourth-order valence-corrected chi connectivity index (χ4v) is 14.4. The van der Waals surface area contributed by atoms with E-state index in [9.17, 15) is 0 Å². The van der Waals surface area contributed by atoms with E-state index in [-0.39, 0.29) is 21.7 Å². The van der Waals surface area contributed by atoms with Gasteiger partial charge in [0.1, 0.15) is 28.6 Å². The highest BCUT2D eigenvalue weighted by Crippen LogP contribution is 2.67. The summed E-state index contributed by atoms with van der Waals surface area (Å²) in [6.07, 6.45) is 0. The van der Waals surface area contributed by atoms with Crippen LogP contribution in [-0.2, 0) is 32.5 Å². The average molecular weight is 1070 g/mol. The van der Waals surface area contributed by atoms with Gasteiger partial charge in [-0.25, -0.2) is 0 Å². The van der Waals surface area contributed by atoms with Gasteiger partial charge in [0.15, 0.2) is 5.58 Å². The van der Waals surface area contributed by atoms with Crippen LogP contribution in [0.15, 0.2) is 205 Å². The highest BCUT2D eigenvalue weighted by Gasteiger charge is 2.55. The minimum absolute atomic E-state index is 0.118. The van der Waals surface area contributed by atoms with E-state index in [0.717, 1.165) is 84.3 Å². The molecule has 4 heteroatoms. The molecule has 11 aromatic rings. The number of hydrogen-bond donors (Lipinski definition) is 0. The number of hydrogen-bond acceptors (Lipinski definition) is 4. The molecule has 1 aromatic heterocycles. The van der Waals surface area contributed by atoms with Crippen LogP contribution in [0.2, 0.25) is 0 Å². The van der Waals surface area contributed by atoms with E-state index in [0.29, 0.717) is 0 Å². The van der Waals surface area contributed by atoms with Crippen molar-refractivity contribution >= 4 is 39.0 Å². The third-order valence-corrected chi connectivity index (χ3v) is 18.6. The Labute approximate surface area is 483 Å². The van der Waals surface area contributed by atoms with E-state index in [1.54, 1.807) is 0 Å². The van der Waals surface area contributed by atoms with Crippen LogP contribution in [0.25, 0.3) is 44.2 Å². The maximum Gasteiger partial charge on any atom is 0.159 e. The fourth-order valence-electron chi connectivity index (χ4n) is 14.4. The summed E-state index contributed by atoms with van der Waals surface area (Å²) in [6.45, 7) is 27.7. The molecule has 15 rings (SSSR count). The molecule has 2 aliphatic carbocycles. The Kier molecular flexibility index (Phi) is 10.4. The summed E-state index contributed by atoms with van der Waals surface area (Å²) in [5.41, 5.74) is 22.2.